The molecule has 0 bridgehead atoms. The molecule has 2 aromatic carbocycles. The lowest BCUT2D eigenvalue weighted by Crippen LogP contribution is -2.17. The van der Waals surface area contributed by atoms with Crippen molar-refractivity contribution >= 4 is 0 Å². The summed E-state index contributed by atoms with van der Waals surface area (Å²) in [5.74, 6) is -2.81. The average Bonchev–Trinajstić information content (AvgIpc) is 3.27. The second-order valence-electron chi connectivity index (χ2n) is 10.2. The van der Waals surface area contributed by atoms with E-state index in [9.17, 15) is 8.78 Å². The van der Waals surface area contributed by atoms with Crippen molar-refractivity contribution in [2.24, 2.45) is 11.8 Å². The second-order valence-corrected chi connectivity index (χ2v) is 10.2. The number of ether oxygens (including phenoxy) is 2. The van der Waals surface area contributed by atoms with Gasteiger partial charge in [0.15, 0.2) is 23.2 Å². The predicted octanol–water partition coefficient (Wildman–Crippen LogP) is 8.37. The van der Waals surface area contributed by atoms with E-state index in [1.54, 1.807) is 13.0 Å². The van der Waals surface area contributed by atoms with Crippen LogP contribution in [0.25, 0.3) is 11.1 Å². The average molecular weight is 501 g/mol. The van der Waals surface area contributed by atoms with Crippen molar-refractivity contribution in [3.05, 3.63) is 76.6 Å². The van der Waals surface area contributed by atoms with E-state index < -0.39 is 23.3 Å². The van der Waals surface area contributed by atoms with Crippen LogP contribution in [0.4, 0.5) is 17.6 Å². The molecule has 1 atom stereocenters. The highest BCUT2D eigenvalue weighted by Crippen LogP contribution is 2.46. The first kappa shape index (κ1) is 24.9. The molecule has 1 heterocycles. The Morgan fingerprint density at radius 1 is 0.972 bits per heavy atom. The summed E-state index contributed by atoms with van der Waals surface area (Å²) in [6.07, 6.45) is 11.6. The molecule has 0 saturated heterocycles. The first-order chi connectivity index (χ1) is 17.4. The van der Waals surface area contributed by atoms with Crippen LogP contribution in [0.5, 0.6) is 5.75 Å². The zero-order valence-corrected chi connectivity index (χ0v) is 20.6. The number of hydrogen-bond acceptors (Lipinski definition) is 2. The normalized spacial score (nSPS) is 22.9. The number of fused-ring (bicyclic) bond motifs is 3. The summed E-state index contributed by atoms with van der Waals surface area (Å²) in [4.78, 5) is 0. The van der Waals surface area contributed by atoms with Gasteiger partial charge in [0.1, 0.15) is 0 Å². The Labute approximate surface area is 210 Å². The molecule has 0 radical (unpaired) electrons. The Balaban J connectivity index is 1.30. The van der Waals surface area contributed by atoms with Crippen LogP contribution in [0.3, 0.4) is 0 Å². The highest BCUT2D eigenvalue weighted by Gasteiger charge is 2.34. The van der Waals surface area contributed by atoms with Crippen molar-refractivity contribution in [1.29, 1.82) is 0 Å². The zero-order chi connectivity index (χ0) is 25.4. The number of hydrogen-bond donors (Lipinski definition) is 0. The lowest BCUT2D eigenvalue weighted by molar-refractivity contribution is 0.158. The fourth-order valence-corrected chi connectivity index (χ4v) is 5.99. The molecule has 0 N–H and O–H groups in total. The van der Waals surface area contributed by atoms with Crippen molar-refractivity contribution in [3.8, 4) is 16.9 Å². The molecule has 1 saturated carbocycles. The summed E-state index contributed by atoms with van der Waals surface area (Å²) in [5.41, 5.74) is 0.675. The van der Waals surface area contributed by atoms with Crippen LogP contribution in [-0.2, 0) is 11.2 Å². The van der Waals surface area contributed by atoms with Crippen LogP contribution in [0.2, 0.25) is 0 Å². The van der Waals surface area contributed by atoms with Crippen molar-refractivity contribution in [3.63, 3.8) is 0 Å². The lowest BCUT2D eigenvalue weighted by Gasteiger charge is -2.28. The third-order valence-electron chi connectivity index (χ3n) is 8.07. The van der Waals surface area contributed by atoms with Gasteiger partial charge in [-0.3, -0.25) is 0 Å². The van der Waals surface area contributed by atoms with E-state index in [4.69, 9.17) is 9.47 Å². The van der Waals surface area contributed by atoms with Crippen LogP contribution in [0.1, 0.15) is 74.5 Å². The minimum absolute atomic E-state index is 0.169. The van der Waals surface area contributed by atoms with Gasteiger partial charge in [-0.05, 0) is 92.5 Å². The summed E-state index contributed by atoms with van der Waals surface area (Å²) >= 11 is 0. The minimum Gasteiger partial charge on any atom is -0.498 e. The van der Waals surface area contributed by atoms with E-state index in [0.717, 1.165) is 18.6 Å². The predicted molar refractivity (Wildman–Crippen MR) is 132 cm³/mol. The van der Waals surface area contributed by atoms with Gasteiger partial charge in [0.2, 0.25) is 5.82 Å². The Bertz CT molecular complexity index is 1190. The fraction of sp³-hybridized carbons (Fsp3) is 0.467. The van der Waals surface area contributed by atoms with E-state index in [1.807, 2.05) is 6.08 Å². The third kappa shape index (κ3) is 4.55. The Morgan fingerprint density at radius 2 is 1.67 bits per heavy atom. The monoisotopic (exact) mass is 500 g/mol. The molecule has 0 aromatic heterocycles. The van der Waals surface area contributed by atoms with Crippen molar-refractivity contribution < 1.29 is 27.0 Å². The molecule has 0 spiro atoms. The van der Waals surface area contributed by atoms with Crippen LogP contribution in [-0.4, -0.2) is 13.2 Å². The van der Waals surface area contributed by atoms with Gasteiger partial charge >= 0.3 is 0 Å². The number of benzene rings is 2. The van der Waals surface area contributed by atoms with E-state index in [-0.39, 0.29) is 48.0 Å². The summed E-state index contributed by atoms with van der Waals surface area (Å²) < 4.78 is 70.9. The van der Waals surface area contributed by atoms with Crippen molar-refractivity contribution in [1.82, 2.24) is 0 Å². The van der Waals surface area contributed by atoms with Gasteiger partial charge in [-0.1, -0.05) is 12.1 Å². The van der Waals surface area contributed by atoms with Crippen LogP contribution >= 0.6 is 0 Å². The largest absolute Gasteiger partial charge is 0.498 e. The standard InChI is InChI=1S/C30H32F4O2/c1-3-17-5-7-18(8-6-17)9-11-22-12-10-19(16-36-22)23-14-20-13-21-15-24(35-4-2)28(32)30(34)26(21)25(20)29(33)27(23)31/h3,12,14-15,17-19H,1,4-11,13,16H2,2H3. The van der Waals surface area contributed by atoms with E-state index in [1.165, 1.54) is 31.7 Å². The Kier molecular flexibility index (Phi) is 7.14. The Morgan fingerprint density at radius 3 is 2.31 bits per heavy atom. The summed E-state index contributed by atoms with van der Waals surface area (Å²) in [6.45, 7) is 6.01. The van der Waals surface area contributed by atoms with Gasteiger partial charge < -0.3 is 9.47 Å². The van der Waals surface area contributed by atoms with Gasteiger partial charge in [-0.15, -0.1) is 6.58 Å². The molecule has 36 heavy (non-hydrogen) atoms. The van der Waals surface area contributed by atoms with Crippen molar-refractivity contribution in [2.45, 2.75) is 64.2 Å². The Hall–Kier alpha value is -2.76. The van der Waals surface area contributed by atoms with Crippen LogP contribution in [0.15, 0.2) is 36.6 Å². The molecular formula is C30H32F4O2. The molecule has 6 heteroatoms. The van der Waals surface area contributed by atoms with Gasteiger partial charge in [0.25, 0.3) is 0 Å². The van der Waals surface area contributed by atoms with Crippen LogP contribution in [0, 0.1) is 35.1 Å². The molecule has 2 aliphatic carbocycles. The molecule has 5 rings (SSSR count). The highest BCUT2D eigenvalue weighted by molar-refractivity contribution is 5.79. The number of halogens is 4. The first-order valence-electron chi connectivity index (χ1n) is 13.0. The molecule has 2 nitrogen and oxygen atoms in total. The lowest BCUT2D eigenvalue weighted by atomic mass is 9.80. The quantitative estimate of drug-likeness (QED) is 0.240. The van der Waals surface area contributed by atoms with Crippen molar-refractivity contribution in [2.75, 3.05) is 13.2 Å². The molecule has 1 aliphatic heterocycles. The van der Waals surface area contributed by atoms with E-state index in [2.05, 4.69) is 12.7 Å². The zero-order valence-electron chi connectivity index (χ0n) is 20.6. The highest BCUT2D eigenvalue weighted by atomic mass is 19.2. The van der Waals surface area contributed by atoms with Gasteiger partial charge in [-0.25, -0.2) is 13.2 Å². The smallest absolute Gasteiger partial charge is 0.201 e. The number of allylic oxidation sites excluding steroid dienone is 3. The maximum Gasteiger partial charge on any atom is 0.201 e. The summed E-state index contributed by atoms with van der Waals surface area (Å²) in [6, 6.07) is 2.98. The molecular weight excluding hydrogens is 468 g/mol. The maximum atomic E-state index is 15.3. The first-order valence-corrected chi connectivity index (χ1v) is 13.0. The molecule has 1 unspecified atom stereocenters. The maximum absolute atomic E-state index is 15.3. The molecule has 2 aromatic rings. The number of rotatable bonds is 7. The summed E-state index contributed by atoms with van der Waals surface area (Å²) in [7, 11) is 0. The molecule has 3 aliphatic rings. The summed E-state index contributed by atoms with van der Waals surface area (Å²) in [5, 5.41) is 0. The minimum atomic E-state index is -1.20. The van der Waals surface area contributed by atoms with Gasteiger partial charge in [0.05, 0.1) is 19.0 Å². The SMILES string of the molecule is C=CC1CCC(CCC2=CCC(c3cc4c(c(F)c3F)-c3c(cc(OCC)c(F)c3F)C4)CO2)CC1. The van der Waals surface area contributed by atoms with Gasteiger partial charge in [0, 0.05) is 23.5 Å². The van der Waals surface area contributed by atoms with E-state index >= 15 is 8.78 Å². The molecule has 0 amide bonds. The topological polar surface area (TPSA) is 18.5 Å². The second kappa shape index (κ2) is 10.3. The fourth-order valence-electron chi connectivity index (χ4n) is 5.99. The third-order valence-corrected chi connectivity index (χ3v) is 8.07. The molecule has 1 fully saturated rings. The van der Waals surface area contributed by atoms with Gasteiger partial charge in [-0.2, -0.15) is 4.39 Å². The van der Waals surface area contributed by atoms with E-state index in [0.29, 0.717) is 29.4 Å². The van der Waals surface area contributed by atoms with Crippen LogP contribution < -0.4 is 4.74 Å². The molecule has 192 valence electrons.